The summed E-state index contributed by atoms with van der Waals surface area (Å²) in [4.78, 5) is 16.4. The van der Waals surface area contributed by atoms with Gasteiger partial charge in [0.05, 0.1) is 5.56 Å². The molecule has 3 rings (SSSR count). The first-order valence-corrected chi connectivity index (χ1v) is 8.22. The average Bonchev–Trinajstić information content (AvgIpc) is 3.08. The average molecular weight is 336 g/mol. The van der Waals surface area contributed by atoms with E-state index in [1.165, 1.54) is 5.56 Å². The Kier molecular flexibility index (Phi) is 5.09. The molecule has 0 radical (unpaired) electrons. The van der Waals surface area contributed by atoms with Crippen molar-refractivity contribution in [1.29, 1.82) is 0 Å². The lowest BCUT2D eigenvalue weighted by molar-refractivity contribution is 0.102. The fourth-order valence-corrected chi connectivity index (χ4v) is 2.59. The number of rotatable bonds is 6. The molecule has 1 amide bonds. The van der Waals surface area contributed by atoms with Crippen molar-refractivity contribution in [3.8, 4) is 5.75 Å². The molecule has 25 heavy (non-hydrogen) atoms. The predicted octanol–water partition coefficient (Wildman–Crippen LogP) is 3.04. The molecule has 6 nitrogen and oxygen atoms in total. The highest BCUT2D eigenvalue weighted by molar-refractivity contribution is 6.05. The Balaban J connectivity index is 1.64. The Hall–Kier alpha value is -3.15. The summed E-state index contributed by atoms with van der Waals surface area (Å²) in [6.45, 7) is 2.64. The van der Waals surface area contributed by atoms with E-state index in [9.17, 15) is 9.90 Å². The predicted molar refractivity (Wildman–Crippen MR) is 95.6 cm³/mol. The molecular formula is C19H20N4O2. The summed E-state index contributed by atoms with van der Waals surface area (Å²) < 4.78 is 1.78. The van der Waals surface area contributed by atoms with Crippen LogP contribution >= 0.6 is 0 Å². The van der Waals surface area contributed by atoms with Gasteiger partial charge in [0.25, 0.3) is 5.91 Å². The number of aromatic nitrogens is 3. The van der Waals surface area contributed by atoms with Crippen LogP contribution in [0, 0.1) is 0 Å². The maximum absolute atomic E-state index is 12.4. The maximum atomic E-state index is 12.4. The minimum atomic E-state index is -0.368. The number of nitrogens with zero attached hydrogens (tertiary/aromatic N) is 3. The van der Waals surface area contributed by atoms with Gasteiger partial charge in [0, 0.05) is 31.2 Å². The number of amides is 1. The summed E-state index contributed by atoms with van der Waals surface area (Å²) in [6, 6.07) is 10.8. The number of benzene rings is 1. The molecule has 2 N–H and O–H groups in total. The molecule has 128 valence electrons. The SMILES string of the molecule is CCc1cccc(C(=O)Nc2ccn(CCc3ccncc3)n2)c1O. The van der Waals surface area contributed by atoms with Gasteiger partial charge in [-0.05, 0) is 42.2 Å². The van der Waals surface area contributed by atoms with Gasteiger partial charge in [-0.15, -0.1) is 0 Å². The number of nitrogens with one attached hydrogen (secondary N) is 1. The minimum absolute atomic E-state index is 0.0274. The number of anilines is 1. The third-order valence-electron chi connectivity index (χ3n) is 4.01. The van der Waals surface area contributed by atoms with Gasteiger partial charge in [0.1, 0.15) is 5.75 Å². The standard InChI is InChI=1S/C19H20N4O2/c1-2-15-4-3-5-16(18(15)24)19(25)21-17-9-13-23(22-17)12-8-14-6-10-20-11-7-14/h3-7,9-11,13,24H,2,8,12H2,1H3,(H,21,22,25). The van der Waals surface area contributed by atoms with Gasteiger partial charge in [0.15, 0.2) is 5.82 Å². The Labute approximate surface area is 146 Å². The van der Waals surface area contributed by atoms with Gasteiger partial charge in [-0.25, -0.2) is 0 Å². The number of carbonyl (C=O) groups is 1. The lowest BCUT2D eigenvalue weighted by Gasteiger charge is -2.08. The zero-order valence-electron chi connectivity index (χ0n) is 14.0. The van der Waals surface area contributed by atoms with Gasteiger partial charge in [-0.2, -0.15) is 5.10 Å². The zero-order chi connectivity index (χ0) is 17.6. The second kappa shape index (κ2) is 7.61. The molecule has 3 aromatic rings. The summed E-state index contributed by atoms with van der Waals surface area (Å²) in [5.74, 6) is 0.118. The summed E-state index contributed by atoms with van der Waals surface area (Å²) in [5, 5.41) is 17.2. The van der Waals surface area contributed by atoms with Crippen molar-refractivity contribution >= 4 is 11.7 Å². The maximum Gasteiger partial charge on any atom is 0.260 e. The van der Waals surface area contributed by atoms with Crippen molar-refractivity contribution in [1.82, 2.24) is 14.8 Å². The van der Waals surface area contributed by atoms with E-state index >= 15 is 0 Å². The number of phenols is 1. The largest absolute Gasteiger partial charge is 0.507 e. The number of aryl methyl sites for hydroxylation is 3. The van der Waals surface area contributed by atoms with Gasteiger partial charge >= 0.3 is 0 Å². The highest BCUT2D eigenvalue weighted by Crippen LogP contribution is 2.23. The van der Waals surface area contributed by atoms with Gasteiger partial charge in [-0.1, -0.05) is 19.1 Å². The monoisotopic (exact) mass is 336 g/mol. The van der Waals surface area contributed by atoms with Crippen LogP contribution in [0.2, 0.25) is 0 Å². The first-order valence-electron chi connectivity index (χ1n) is 8.22. The first-order chi connectivity index (χ1) is 12.2. The molecule has 0 saturated heterocycles. The number of aromatic hydroxyl groups is 1. The van der Waals surface area contributed by atoms with Gasteiger partial charge < -0.3 is 10.4 Å². The van der Waals surface area contributed by atoms with E-state index in [0.717, 1.165) is 12.0 Å². The molecule has 0 fully saturated rings. The molecule has 2 heterocycles. The number of hydrogen-bond donors (Lipinski definition) is 2. The van der Waals surface area contributed by atoms with E-state index < -0.39 is 0 Å². The molecule has 6 heteroatoms. The molecule has 0 unspecified atom stereocenters. The second-order valence-electron chi connectivity index (χ2n) is 5.69. The highest BCUT2D eigenvalue weighted by Gasteiger charge is 2.14. The molecular weight excluding hydrogens is 316 g/mol. The molecule has 0 aliphatic rings. The van der Waals surface area contributed by atoms with Gasteiger partial charge in [-0.3, -0.25) is 14.5 Å². The summed E-state index contributed by atoms with van der Waals surface area (Å²) in [7, 11) is 0. The summed E-state index contributed by atoms with van der Waals surface area (Å²) >= 11 is 0. The van der Waals surface area contributed by atoms with Crippen LogP contribution in [0.3, 0.4) is 0 Å². The van der Waals surface area contributed by atoms with E-state index in [1.807, 2.05) is 25.3 Å². The summed E-state index contributed by atoms with van der Waals surface area (Å²) in [6.07, 6.45) is 6.84. The number of phenolic OH excluding ortho intramolecular Hbond substituents is 1. The van der Waals surface area contributed by atoms with Crippen LogP contribution in [-0.2, 0) is 19.4 Å². The molecule has 0 bridgehead atoms. The molecule has 2 aromatic heterocycles. The first kappa shape index (κ1) is 16.7. The van der Waals surface area contributed by atoms with Crippen LogP contribution in [0.1, 0.15) is 28.4 Å². The van der Waals surface area contributed by atoms with Gasteiger partial charge in [0.2, 0.25) is 0 Å². The Bertz CT molecular complexity index is 859. The summed E-state index contributed by atoms with van der Waals surface area (Å²) in [5.41, 5.74) is 2.18. The number of hydrogen-bond acceptors (Lipinski definition) is 4. The number of pyridine rings is 1. The Morgan fingerprint density at radius 1 is 1.20 bits per heavy atom. The number of para-hydroxylation sites is 1. The fourth-order valence-electron chi connectivity index (χ4n) is 2.59. The van der Waals surface area contributed by atoms with Crippen molar-refractivity contribution in [3.63, 3.8) is 0 Å². The highest BCUT2D eigenvalue weighted by atomic mass is 16.3. The third kappa shape index (κ3) is 4.03. The third-order valence-corrected chi connectivity index (χ3v) is 4.01. The van der Waals surface area contributed by atoms with Crippen LogP contribution in [0.5, 0.6) is 5.75 Å². The second-order valence-corrected chi connectivity index (χ2v) is 5.69. The topological polar surface area (TPSA) is 80.0 Å². The van der Waals surface area contributed by atoms with Crippen LogP contribution < -0.4 is 5.32 Å². The smallest absolute Gasteiger partial charge is 0.260 e. The lowest BCUT2D eigenvalue weighted by atomic mass is 10.1. The quantitative estimate of drug-likeness (QED) is 0.725. The van der Waals surface area contributed by atoms with Crippen LogP contribution in [0.15, 0.2) is 55.0 Å². The van der Waals surface area contributed by atoms with E-state index in [-0.39, 0.29) is 17.2 Å². The van der Waals surface area contributed by atoms with Crippen molar-refractivity contribution in [3.05, 3.63) is 71.7 Å². The van der Waals surface area contributed by atoms with E-state index in [0.29, 0.717) is 18.8 Å². The number of carbonyl (C=O) groups excluding carboxylic acids is 1. The molecule has 0 aliphatic carbocycles. The molecule has 1 aromatic carbocycles. The Morgan fingerprint density at radius 3 is 2.76 bits per heavy atom. The lowest BCUT2D eigenvalue weighted by Crippen LogP contribution is -2.13. The van der Waals surface area contributed by atoms with Crippen molar-refractivity contribution in [2.45, 2.75) is 26.3 Å². The fraction of sp³-hybridized carbons (Fsp3) is 0.211. The molecule has 0 atom stereocenters. The molecule has 0 saturated carbocycles. The normalized spacial score (nSPS) is 10.6. The molecule has 0 aliphatic heterocycles. The van der Waals surface area contributed by atoms with Crippen LogP contribution in [-0.4, -0.2) is 25.8 Å². The van der Waals surface area contributed by atoms with Crippen molar-refractivity contribution in [2.24, 2.45) is 0 Å². The van der Waals surface area contributed by atoms with E-state index in [1.54, 1.807) is 41.3 Å². The van der Waals surface area contributed by atoms with E-state index in [4.69, 9.17) is 0 Å². The minimum Gasteiger partial charge on any atom is -0.507 e. The Morgan fingerprint density at radius 2 is 2.00 bits per heavy atom. The molecule has 0 spiro atoms. The van der Waals surface area contributed by atoms with Crippen LogP contribution in [0.4, 0.5) is 5.82 Å². The van der Waals surface area contributed by atoms with Crippen molar-refractivity contribution < 1.29 is 9.90 Å². The van der Waals surface area contributed by atoms with Crippen LogP contribution in [0.25, 0.3) is 0 Å². The van der Waals surface area contributed by atoms with E-state index in [2.05, 4.69) is 15.4 Å². The zero-order valence-corrected chi connectivity index (χ0v) is 14.0. The van der Waals surface area contributed by atoms with Crippen molar-refractivity contribution in [2.75, 3.05) is 5.32 Å².